The molecule has 162 valence electrons. The summed E-state index contributed by atoms with van der Waals surface area (Å²) in [5.74, 6) is 2.49. The van der Waals surface area contributed by atoms with Crippen LogP contribution in [0.4, 0.5) is 0 Å². The molecule has 4 rings (SSSR count). The van der Waals surface area contributed by atoms with E-state index in [1.165, 1.54) is 19.3 Å². The van der Waals surface area contributed by atoms with E-state index in [4.69, 9.17) is 4.74 Å². The number of ketones is 1. The van der Waals surface area contributed by atoms with E-state index in [0.29, 0.717) is 30.0 Å². The summed E-state index contributed by atoms with van der Waals surface area (Å²) < 4.78 is 5.88. The zero-order chi connectivity index (χ0) is 20.6. The molecule has 0 aromatic rings. The fourth-order valence-electron chi connectivity index (χ4n) is 7.44. The molecule has 0 saturated heterocycles. The minimum atomic E-state index is -0.0482. The highest BCUT2D eigenvalue weighted by Gasteiger charge is 2.58. The Hall–Kier alpha value is -1.12. The normalized spacial score (nSPS) is 41.2. The van der Waals surface area contributed by atoms with Crippen molar-refractivity contribution in [3.63, 3.8) is 0 Å². The number of carbonyl (C=O) groups is 2. The summed E-state index contributed by atoms with van der Waals surface area (Å²) in [5, 5.41) is 0. The fourth-order valence-corrected chi connectivity index (χ4v) is 7.44. The van der Waals surface area contributed by atoms with Gasteiger partial charge in [0.05, 0.1) is 0 Å². The van der Waals surface area contributed by atoms with Crippen LogP contribution in [0.2, 0.25) is 0 Å². The molecule has 3 nitrogen and oxygen atoms in total. The van der Waals surface area contributed by atoms with Crippen molar-refractivity contribution in [1.29, 1.82) is 0 Å². The quantitative estimate of drug-likeness (QED) is 0.294. The largest absolute Gasteiger partial charge is 0.462 e. The molecule has 0 aromatic carbocycles. The minimum absolute atomic E-state index is 0.00175. The first-order valence-electron chi connectivity index (χ1n) is 12.3. The van der Waals surface area contributed by atoms with Crippen LogP contribution in [-0.2, 0) is 14.3 Å². The number of allylic oxidation sites excluding steroid dienone is 1. The molecule has 29 heavy (non-hydrogen) atoms. The summed E-state index contributed by atoms with van der Waals surface area (Å²) in [6.07, 6.45) is 16.0. The van der Waals surface area contributed by atoms with E-state index in [2.05, 4.69) is 26.8 Å². The molecule has 3 fully saturated rings. The number of carbonyl (C=O) groups excluding carboxylic acids is 2. The second-order valence-corrected chi connectivity index (χ2v) is 10.8. The van der Waals surface area contributed by atoms with Crippen molar-refractivity contribution in [2.24, 2.45) is 28.6 Å². The van der Waals surface area contributed by atoms with Crippen LogP contribution in [0.1, 0.15) is 104 Å². The molecule has 4 aliphatic carbocycles. The molecule has 6 atom stereocenters. The van der Waals surface area contributed by atoms with E-state index in [1.54, 1.807) is 5.57 Å². The number of hydrogen-bond donors (Lipinski definition) is 0. The summed E-state index contributed by atoms with van der Waals surface area (Å²) >= 11 is 0. The third-order valence-electron chi connectivity index (χ3n) is 9.30. The number of unbranched alkanes of at least 4 members (excludes halogenated alkanes) is 3. The van der Waals surface area contributed by atoms with Crippen molar-refractivity contribution < 1.29 is 14.3 Å². The highest BCUT2D eigenvalue weighted by atomic mass is 16.5. The standard InChI is InChI=1S/C26H40O3/c1-4-5-6-7-8-24(28)29-19-13-15-25(2)18(17-19)9-10-20-21-11-12-23(27)26(21,3)16-14-22(20)25/h9,19-22H,4-8,10-17H2,1-3H3/t19-,20+,21+,22+,25+,26+/m1/s1. The molecular weight excluding hydrogens is 360 g/mol. The highest BCUT2D eigenvalue weighted by molar-refractivity contribution is 5.87. The Kier molecular flexibility index (Phi) is 5.97. The van der Waals surface area contributed by atoms with Gasteiger partial charge < -0.3 is 4.74 Å². The van der Waals surface area contributed by atoms with Crippen molar-refractivity contribution in [1.82, 2.24) is 0 Å². The molecule has 4 aliphatic rings. The van der Waals surface area contributed by atoms with Gasteiger partial charge in [0.2, 0.25) is 0 Å². The van der Waals surface area contributed by atoms with E-state index >= 15 is 0 Å². The monoisotopic (exact) mass is 400 g/mol. The van der Waals surface area contributed by atoms with Gasteiger partial charge in [-0.25, -0.2) is 0 Å². The molecule has 0 radical (unpaired) electrons. The van der Waals surface area contributed by atoms with Gasteiger partial charge in [0.25, 0.3) is 0 Å². The molecule has 0 unspecified atom stereocenters. The van der Waals surface area contributed by atoms with Crippen molar-refractivity contribution >= 4 is 11.8 Å². The number of Topliss-reactive ketones (excluding diaryl/α,β-unsaturated/α-hetero) is 1. The molecule has 0 bridgehead atoms. The first-order valence-corrected chi connectivity index (χ1v) is 12.3. The van der Waals surface area contributed by atoms with Crippen LogP contribution in [0.25, 0.3) is 0 Å². The first-order chi connectivity index (χ1) is 13.9. The summed E-state index contributed by atoms with van der Waals surface area (Å²) in [6.45, 7) is 6.91. The van der Waals surface area contributed by atoms with Gasteiger partial charge in [-0.2, -0.15) is 0 Å². The van der Waals surface area contributed by atoms with Crippen LogP contribution in [0.5, 0.6) is 0 Å². The van der Waals surface area contributed by atoms with Crippen LogP contribution in [-0.4, -0.2) is 17.9 Å². The molecule has 3 heteroatoms. The molecule has 0 N–H and O–H groups in total. The van der Waals surface area contributed by atoms with Crippen molar-refractivity contribution in [3.8, 4) is 0 Å². The third-order valence-corrected chi connectivity index (χ3v) is 9.30. The average Bonchev–Trinajstić information content (AvgIpc) is 3.00. The lowest BCUT2D eigenvalue weighted by Crippen LogP contribution is -2.50. The zero-order valence-corrected chi connectivity index (χ0v) is 18.8. The van der Waals surface area contributed by atoms with Crippen molar-refractivity contribution in [2.75, 3.05) is 0 Å². The van der Waals surface area contributed by atoms with E-state index in [0.717, 1.165) is 57.8 Å². The number of ether oxygens (including phenoxy) is 1. The fraction of sp³-hybridized carbons (Fsp3) is 0.846. The summed E-state index contributed by atoms with van der Waals surface area (Å²) in [7, 11) is 0. The Balaban J connectivity index is 1.39. The number of rotatable bonds is 6. The van der Waals surface area contributed by atoms with Crippen molar-refractivity contribution in [3.05, 3.63) is 11.6 Å². The van der Waals surface area contributed by atoms with E-state index in [1.807, 2.05) is 0 Å². The topological polar surface area (TPSA) is 43.4 Å². The van der Waals surface area contributed by atoms with Gasteiger partial charge in [-0.3, -0.25) is 9.59 Å². The predicted octanol–water partition coefficient (Wildman–Crippen LogP) is 6.40. The van der Waals surface area contributed by atoms with Gasteiger partial charge in [0, 0.05) is 24.7 Å². The van der Waals surface area contributed by atoms with Gasteiger partial charge in [0.1, 0.15) is 11.9 Å². The van der Waals surface area contributed by atoms with Crippen LogP contribution in [0.3, 0.4) is 0 Å². The maximum atomic E-state index is 12.6. The lowest BCUT2D eigenvalue weighted by atomic mass is 9.48. The summed E-state index contributed by atoms with van der Waals surface area (Å²) in [5.41, 5.74) is 1.74. The van der Waals surface area contributed by atoms with Gasteiger partial charge in [0.15, 0.2) is 0 Å². The van der Waals surface area contributed by atoms with Crippen LogP contribution in [0, 0.1) is 28.6 Å². The van der Waals surface area contributed by atoms with Gasteiger partial charge in [-0.1, -0.05) is 51.7 Å². The van der Waals surface area contributed by atoms with E-state index in [9.17, 15) is 9.59 Å². The van der Waals surface area contributed by atoms with Crippen molar-refractivity contribution in [2.45, 2.75) is 110 Å². The Morgan fingerprint density at radius 1 is 1.07 bits per heavy atom. The Morgan fingerprint density at radius 3 is 2.62 bits per heavy atom. The summed E-state index contributed by atoms with van der Waals surface area (Å²) in [4.78, 5) is 24.8. The van der Waals surface area contributed by atoms with E-state index < -0.39 is 0 Å². The summed E-state index contributed by atoms with van der Waals surface area (Å²) in [6, 6.07) is 0. The lowest BCUT2D eigenvalue weighted by Gasteiger charge is -2.56. The molecule has 0 amide bonds. The van der Waals surface area contributed by atoms with Gasteiger partial charge >= 0.3 is 5.97 Å². The second kappa shape index (κ2) is 8.19. The first kappa shape index (κ1) is 21.1. The number of esters is 1. The average molecular weight is 401 g/mol. The Labute approximate surface area is 177 Å². The Bertz CT molecular complexity index is 679. The van der Waals surface area contributed by atoms with Crippen LogP contribution in [0.15, 0.2) is 11.6 Å². The second-order valence-electron chi connectivity index (χ2n) is 10.8. The zero-order valence-electron chi connectivity index (χ0n) is 18.8. The minimum Gasteiger partial charge on any atom is -0.462 e. The Morgan fingerprint density at radius 2 is 1.83 bits per heavy atom. The number of fused-ring (bicyclic) bond motifs is 5. The van der Waals surface area contributed by atoms with Crippen LogP contribution >= 0.6 is 0 Å². The molecule has 3 saturated carbocycles. The third kappa shape index (κ3) is 3.72. The predicted molar refractivity (Wildman–Crippen MR) is 115 cm³/mol. The van der Waals surface area contributed by atoms with Gasteiger partial charge in [-0.15, -0.1) is 0 Å². The lowest BCUT2D eigenvalue weighted by molar-refractivity contribution is -0.151. The van der Waals surface area contributed by atoms with E-state index in [-0.39, 0.29) is 22.9 Å². The number of hydrogen-bond acceptors (Lipinski definition) is 3. The molecule has 0 spiro atoms. The van der Waals surface area contributed by atoms with Crippen LogP contribution < -0.4 is 0 Å². The SMILES string of the molecule is CCCCCCC(=O)O[C@@H]1CC[C@@]2(C)C(=CC[C@@H]3[C@@H]2CC[C@]2(C)C(=O)CC[C@@H]32)C1. The molecular formula is C26H40O3. The molecule has 0 aliphatic heterocycles. The maximum Gasteiger partial charge on any atom is 0.306 e. The smallest absolute Gasteiger partial charge is 0.306 e. The van der Waals surface area contributed by atoms with Gasteiger partial charge in [-0.05, 0) is 68.1 Å². The molecule has 0 aromatic heterocycles. The maximum absolute atomic E-state index is 12.6. The molecule has 0 heterocycles. The highest BCUT2D eigenvalue weighted by Crippen LogP contribution is 2.64.